The molecule has 0 radical (unpaired) electrons. The lowest BCUT2D eigenvalue weighted by Crippen LogP contribution is -2.18. The van der Waals surface area contributed by atoms with Gasteiger partial charge in [-0.2, -0.15) is 0 Å². The lowest BCUT2D eigenvalue weighted by atomic mass is 10.0. The fourth-order valence-electron chi connectivity index (χ4n) is 1.37. The van der Waals surface area contributed by atoms with Crippen LogP contribution < -0.4 is 5.32 Å². The number of pyridine rings is 1. The summed E-state index contributed by atoms with van der Waals surface area (Å²) in [4.78, 5) is 3.95. The van der Waals surface area contributed by atoms with Crippen molar-refractivity contribution in [2.45, 2.75) is 13.3 Å². The van der Waals surface area contributed by atoms with Crippen molar-refractivity contribution in [3.05, 3.63) is 29.0 Å². The summed E-state index contributed by atoms with van der Waals surface area (Å²) < 4.78 is 0. The Morgan fingerprint density at radius 3 is 3.00 bits per heavy atom. The summed E-state index contributed by atoms with van der Waals surface area (Å²) >= 11 is 5.99. The Kier molecular flexibility index (Phi) is 4.19. The molecule has 0 aliphatic rings. The molecule has 0 saturated heterocycles. The highest BCUT2D eigenvalue weighted by Gasteiger charge is 2.05. The van der Waals surface area contributed by atoms with Gasteiger partial charge in [-0.15, -0.1) is 0 Å². The van der Waals surface area contributed by atoms with E-state index in [0.717, 1.165) is 18.0 Å². The lowest BCUT2D eigenvalue weighted by Gasteiger charge is -2.11. The molecule has 2 nitrogen and oxygen atoms in total. The number of halogens is 1. The molecule has 0 aliphatic carbocycles. The summed E-state index contributed by atoms with van der Waals surface area (Å²) in [5.41, 5.74) is 1.18. The molecule has 0 spiro atoms. The van der Waals surface area contributed by atoms with Crippen LogP contribution in [0.5, 0.6) is 0 Å². The zero-order valence-electron chi connectivity index (χ0n) is 8.05. The molecule has 0 aromatic carbocycles. The molecule has 1 aromatic rings. The van der Waals surface area contributed by atoms with Crippen LogP contribution in [0.2, 0.25) is 5.02 Å². The quantitative estimate of drug-likeness (QED) is 0.802. The highest BCUT2D eigenvalue weighted by molar-refractivity contribution is 6.31. The number of aromatic nitrogens is 1. The maximum atomic E-state index is 5.99. The fourth-order valence-corrected chi connectivity index (χ4v) is 1.56. The summed E-state index contributed by atoms with van der Waals surface area (Å²) in [6, 6.07) is 1.98. The highest BCUT2D eigenvalue weighted by atomic mass is 35.5. The predicted molar refractivity (Wildman–Crippen MR) is 56.0 cm³/mol. The second-order valence-corrected chi connectivity index (χ2v) is 3.74. The van der Waals surface area contributed by atoms with Gasteiger partial charge in [-0.3, -0.25) is 4.98 Å². The minimum Gasteiger partial charge on any atom is -0.319 e. The molecule has 72 valence electrons. The average Bonchev–Trinajstić information content (AvgIpc) is 2.09. The van der Waals surface area contributed by atoms with Crippen molar-refractivity contribution in [2.75, 3.05) is 13.6 Å². The number of hydrogen-bond donors (Lipinski definition) is 1. The van der Waals surface area contributed by atoms with Crippen molar-refractivity contribution in [3.8, 4) is 0 Å². The first-order valence-corrected chi connectivity index (χ1v) is 4.84. The van der Waals surface area contributed by atoms with Crippen LogP contribution in [0.1, 0.15) is 12.5 Å². The van der Waals surface area contributed by atoms with Gasteiger partial charge in [0.25, 0.3) is 0 Å². The number of hydrogen-bond acceptors (Lipinski definition) is 2. The third-order valence-electron chi connectivity index (χ3n) is 1.98. The Bertz CT molecular complexity index is 263. The van der Waals surface area contributed by atoms with Gasteiger partial charge in [-0.25, -0.2) is 0 Å². The van der Waals surface area contributed by atoms with Gasteiger partial charge in [0.05, 0.1) is 5.02 Å². The number of nitrogens with one attached hydrogen (secondary N) is 1. The third-order valence-corrected chi connectivity index (χ3v) is 2.32. The third kappa shape index (κ3) is 3.33. The molecule has 1 atom stereocenters. The van der Waals surface area contributed by atoms with Gasteiger partial charge in [-0.1, -0.05) is 18.5 Å². The molecule has 0 saturated carbocycles. The SMILES string of the molecule is CNCC(C)Cc1ccncc1Cl. The maximum absolute atomic E-state index is 5.99. The Morgan fingerprint density at radius 1 is 1.62 bits per heavy atom. The standard InChI is InChI=1S/C10H15ClN2/c1-8(6-12-2)5-9-3-4-13-7-10(9)11/h3-4,7-8,12H,5-6H2,1-2H3. The van der Waals surface area contributed by atoms with E-state index in [-0.39, 0.29) is 0 Å². The molecule has 13 heavy (non-hydrogen) atoms. The van der Waals surface area contributed by atoms with Crippen molar-refractivity contribution in [3.63, 3.8) is 0 Å². The van der Waals surface area contributed by atoms with Gasteiger partial charge >= 0.3 is 0 Å². The van der Waals surface area contributed by atoms with Crippen LogP contribution in [0.15, 0.2) is 18.5 Å². The van der Waals surface area contributed by atoms with Crippen molar-refractivity contribution in [1.82, 2.24) is 10.3 Å². The average molecular weight is 199 g/mol. The van der Waals surface area contributed by atoms with E-state index >= 15 is 0 Å². The van der Waals surface area contributed by atoms with Crippen molar-refractivity contribution in [1.29, 1.82) is 0 Å². The van der Waals surface area contributed by atoms with E-state index in [0.29, 0.717) is 5.92 Å². The van der Waals surface area contributed by atoms with Crippen LogP contribution in [-0.4, -0.2) is 18.6 Å². The topological polar surface area (TPSA) is 24.9 Å². The fraction of sp³-hybridized carbons (Fsp3) is 0.500. The smallest absolute Gasteiger partial charge is 0.0621 e. The Hall–Kier alpha value is -0.600. The van der Waals surface area contributed by atoms with Gasteiger partial charge < -0.3 is 5.32 Å². The Balaban J connectivity index is 2.58. The summed E-state index contributed by atoms with van der Waals surface area (Å²) in [6.45, 7) is 3.21. The lowest BCUT2D eigenvalue weighted by molar-refractivity contribution is 0.541. The summed E-state index contributed by atoms with van der Waals surface area (Å²) in [7, 11) is 1.96. The molecule has 1 heterocycles. The highest BCUT2D eigenvalue weighted by Crippen LogP contribution is 2.16. The van der Waals surface area contributed by atoms with E-state index in [1.165, 1.54) is 5.56 Å². The minimum absolute atomic E-state index is 0.602. The molecule has 1 N–H and O–H groups in total. The first-order valence-electron chi connectivity index (χ1n) is 4.47. The largest absolute Gasteiger partial charge is 0.319 e. The predicted octanol–water partition coefficient (Wildman–Crippen LogP) is 2.13. The molecule has 3 heteroatoms. The normalized spacial score (nSPS) is 12.8. The zero-order chi connectivity index (χ0) is 9.68. The van der Waals surface area contributed by atoms with E-state index in [4.69, 9.17) is 11.6 Å². The van der Waals surface area contributed by atoms with Crippen LogP contribution in [-0.2, 0) is 6.42 Å². The van der Waals surface area contributed by atoms with E-state index < -0.39 is 0 Å². The Labute approximate surface area is 84.3 Å². The zero-order valence-corrected chi connectivity index (χ0v) is 8.80. The molecule has 0 amide bonds. The first-order chi connectivity index (χ1) is 6.24. The molecule has 0 fully saturated rings. The van der Waals surface area contributed by atoms with Crippen LogP contribution in [0.4, 0.5) is 0 Å². The summed E-state index contributed by atoms with van der Waals surface area (Å²) in [6.07, 6.45) is 4.48. The second kappa shape index (κ2) is 5.20. The van der Waals surface area contributed by atoms with E-state index in [1.54, 1.807) is 12.4 Å². The molecular weight excluding hydrogens is 184 g/mol. The van der Waals surface area contributed by atoms with E-state index in [2.05, 4.69) is 17.2 Å². The van der Waals surface area contributed by atoms with Crippen molar-refractivity contribution >= 4 is 11.6 Å². The van der Waals surface area contributed by atoms with Crippen LogP contribution in [0.3, 0.4) is 0 Å². The molecular formula is C10H15ClN2. The van der Waals surface area contributed by atoms with Crippen LogP contribution in [0.25, 0.3) is 0 Å². The summed E-state index contributed by atoms with van der Waals surface area (Å²) in [5, 5.41) is 3.92. The monoisotopic (exact) mass is 198 g/mol. The molecule has 1 rings (SSSR count). The van der Waals surface area contributed by atoms with Crippen LogP contribution >= 0.6 is 11.6 Å². The van der Waals surface area contributed by atoms with Gasteiger partial charge in [0.2, 0.25) is 0 Å². The molecule has 1 unspecified atom stereocenters. The van der Waals surface area contributed by atoms with Gasteiger partial charge in [-0.05, 0) is 37.6 Å². The van der Waals surface area contributed by atoms with Crippen molar-refractivity contribution in [2.24, 2.45) is 5.92 Å². The number of rotatable bonds is 4. The molecule has 0 bridgehead atoms. The van der Waals surface area contributed by atoms with Crippen molar-refractivity contribution < 1.29 is 0 Å². The minimum atomic E-state index is 0.602. The van der Waals surface area contributed by atoms with Gasteiger partial charge in [0.15, 0.2) is 0 Å². The van der Waals surface area contributed by atoms with Gasteiger partial charge in [0, 0.05) is 12.4 Å². The summed E-state index contributed by atoms with van der Waals surface area (Å²) in [5.74, 6) is 0.602. The van der Waals surface area contributed by atoms with E-state index in [1.807, 2.05) is 13.1 Å². The van der Waals surface area contributed by atoms with Crippen LogP contribution in [0, 0.1) is 5.92 Å². The first kappa shape index (κ1) is 10.5. The Morgan fingerprint density at radius 2 is 2.38 bits per heavy atom. The molecule has 0 aliphatic heterocycles. The molecule has 1 aromatic heterocycles. The maximum Gasteiger partial charge on any atom is 0.0621 e. The van der Waals surface area contributed by atoms with Gasteiger partial charge in [0.1, 0.15) is 0 Å². The number of nitrogens with zero attached hydrogens (tertiary/aromatic N) is 1. The van der Waals surface area contributed by atoms with E-state index in [9.17, 15) is 0 Å². The second-order valence-electron chi connectivity index (χ2n) is 3.33.